The van der Waals surface area contributed by atoms with Gasteiger partial charge in [0, 0.05) is 0 Å². The van der Waals surface area contributed by atoms with E-state index in [0.29, 0.717) is 6.04 Å². The first-order chi connectivity index (χ1) is 8.15. The Bertz CT molecular complexity index is 366. The molecule has 0 fully saturated rings. The molecule has 0 saturated heterocycles. The lowest BCUT2D eigenvalue weighted by Crippen LogP contribution is -2.28. The van der Waals surface area contributed by atoms with Crippen molar-refractivity contribution in [3.8, 4) is 0 Å². The molecule has 0 amide bonds. The second-order valence-electron chi connectivity index (χ2n) is 5.44. The molecule has 0 saturated carbocycles. The van der Waals surface area contributed by atoms with E-state index < -0.39 is 0 Å². The van der Waals surface area contributed by atoms with Crippen LogP contribution in [0.1, 0.15) is 45.4 Å². The number of hydrogen-bond donors (Lipinski definition) is 1. The van der Waals surface area contributed by atoms with Crippen LogP contribution in [-0.2, 0) is 0 Å². The number of hydrogen-bond acceptors (Lipinski definition) is 2. The van der Waals surface area contributed by atoms with Crippen molar-refractivity contribution in [2.75, 3.05) is 6.54 Å². The van der Waals surface area contributed by atoms with Gasteiger partial charge >= 0.3 is 0 Å². The zero-order valence-corrected chi connectivity index (χ0v) is 11.1. The van der Waals surface area contributed by atoms with Crippen molar-refractivity contribution in [1.29, 1.82) is 0 Å². The highest BCUT2D eigenvalue weighted by Gasteiger charge is 2.19. The molecule has 94 valence electrons. The molecule has 0 spiro atoms. The summed E-state index contributed by atoms with van der Waals surface area (Å²) in [6, 6.07) is 4.29. The largest absolute Gasteiger partial charge is 0.468 e. The van der Waals surface area contributed by atoms with Gasteiger partial charge in [-0.25, -0.2) is 0 Å². The van der Waals surface area contributed by atoms with Gasteiger partial charge in [0.2, 0.25) is 0 Å². The van der Waals surface area contributed by atoms with Crippen molar-refractivity contribution in [3.05, 3.63) is 35.8 Å². The summed E-state index contributed by atoms with van der Waals surface area (Å²) in [5.41, 5.74) is 1.54. The lowest BCUT2D eigenvalue weighted by atomic mass is 9.83. The van der Waals surface area contributed by atoms with Crippen LogP contribution in [0.25, 0.3) is 0 Å². The fourth-order valence-corrected chi connectivity index (χ4v) is 2.82. The van der Waals surface area contributed by atoms with Gasteiger partial charge in [-0.05, 0) is 57.2 Å². The Hall–Kier alpha value is -1.02. The Labute approximate surface area is 104 Å². The second kappa shape index (κ2) is 5.54. The van der Waals surface area contributed by atoms with Crippen LogP contribution in [0.4, 0.5) is 0 Å². The third kappa shape index (κ3) is 3.47. The highest BCUT2D eigenvalue weighted by molar-refractivity contribution is 5.07. The molecule has 2 heteroatoms. The van der Waals surface area contributed by atoms with E-state index in [9.17, 15) is 0 Å². The molecular formula is C15H23NO. The predicted octanol–water partition coefficient (Wildman–Crippen LogP) is 3.92. The Kier molecular flexibility index (Phi) is 4.06. The van der Waals surface area contributed by atoms with Crippen LogP contribution in [-0.4, -0.2) is 6.54 Å². The van der Waals surface area contributed by atoms with Gasteiger partial charge in [-0.1, -0.05) is 18.6 Å². The molecular weight excluding hydrogens is 210 g/mol. The van der Waals surface area contributed by atoms with Crippen molar-refractivity contribution < 1.29 is 4.42 Å². The third-order valence-electron chi connectivity index (χ3n) is 3.57. The zero-order chi connectivity index (χ0) is 12.3. The average molecular weight is 233 g/mol. The Morgan fingerprint density at radius 2 is 2.35 bits per heavy atom. The van der Waals surface area contributed by atoms with Crippen LogP contribution in [0.3, 0.4) is 0 Å². The Morgan fingerprint density at radius 3 is 3.00 bits per heavy atom. The highest BCUT2D eigenvalue weighted by atomic mass is 16.3. The van der Waals surface area contributed by atoms with Gasteiger partial charge in [0.15, 0.2) is 0 Å². The number of nitrogens with one attached hydrogen (secondary N) is 1. The van der Waals surface area contributed by atoms with Crippen molar-refractivity contribution in [2.24, 2.45) is 11.8 Å². The summed E-state index contributed by atoms with van der Waals surface area (Å²) >= 11 is 0. The van der Waals surface area contributed by atoms with Gasteiger partial charge in [0.05, 0.1) is 12.3 Å². The maximum Gasteiger partial charge on any atom is 0.120 e. The molecule has 1 aromatic heterocycles. The van der Waals surface area contributed by atoms with E-state index in [2.05, 4.69) is 32.2 Å². The van der Waals surface area contributed by atoms with E-state index in [1.165, 1.54) is 12.8 Å². The van der Waals surface area contributed by atoms with Crippen molar-refractivity contribution in [3.63, 3.8) is 0 Å². The van der Waals surface area contributed by atoms with E-state index >= 15 is 0 Å². The zero-order valence-electron chi connectivity index (χ0n) is 11.1. The van der Waals surface area contributed by atoms with Crippen LogP contribution in [0, 0.1) is 11.8 Å². The van der Waals surface area contributed by atoms with Gasteiger partial charge in [0.1, 0.15) is 5.76 Å². The minimum Gasteiger partial charge on any atom is -0.468 e. The van der Waals surface area contributed by atoms with Gasteiger partial charge in [0.25, 0.3) is 0 Å². The normalized spacial score (nSPS) is 26.6. The molecule has 2 nitrogen and oxygen atoms in total. The molecule has 3 atom stereocenters. The van der Waals surface area contributed by atoms with Crippen LogP contribution in [0.15, 0.2) is 34.5 Å². The topological polar surface area (TPSA) is 25.2 Å². The molecule has 1 aliphatic carbocycles. The molecule has 1 heterocycles. The summed E-state index contributed by atoms with van der Waals surface area (Å²) in [6.07, 6.45) is 6.69. The van der Waals surface area contributed by atoms with Crippen LogP contribution >= 0.6 is 0 Å². The molecule has 1 aromatic rings. The standard InChI is InChI=1S/C15H23NO/c1-11-7-12(2)9-14(8-11)10-16-13(3)15-5-4-6-17-15/h4-7,11,13-14,16H,8-10H2,1-3H3/t11?,13-,14?/m1/s1. The number of furan rings is 1. The summed E-state index contributed by atoms with van der Waals surface area (Å²) in [7, 11) is 0. The SMILES string of the molecule is CC1=CC(C)CC(CN[C@H](C)c2ccco2)C1. The van der Waals surface area contributed by atoms with E-state index in [0.717, 1.165) is 24.1 Å². The average Bonchev–Trinajstić information content (AvgIpc) is 2.78. The number of rotatable bonds is 4. The molecule has 0 aromatic carbocycles. The summed E-state index contributed by atoms with van der Waals surface area (Å²) in [5, 5.41) is 3.57. The second-order valence-corrected chi connectivity index (χ2v) is 5.44. The van der Waals surface area contributed by atoms with Gasteiger partial charge < -0.3 is 9.73 Å². The third-order valence-corrected chi connectivity index (χ3v) is 3.57. The lowest BCUT2D eigenvalue weighted by Gasteiger charge is -2.26. The Morgan fingerprint density at radius 1 is 1.53 bits per heavy atom. The maximum atomic E-state index is 5.40. The highest BCUT2D eigenvalue weighted by Crippen LogP contribution is 2.27. The van der Waals surface area contributed by atoms with E-state index in [-0.39, 0.29) is 0 Å². The monoisotopic (exact) mass is 233 g/mol. The minimum absolute atomic E-state index is 0.312. The van der Waals surface area contributed by atoms with Gasteiger partial charge in [-0.15, -0.1) is 0 Å². The molecule has 0 bridgehead atoms. The molecule has 0 radical (unpaired) electrons. The first kappa shape index (κ1) is 12.4. The van der Waals surface area contributed by atoms with Crippen LogP contribution in [0.5, 0.6) is 0 Å². The molecule has 1 N–H and O–H groups in total. The Balaban J connectivity index is 1.81. The van der Waals surface area contributed by atoms with Crippen molar-refractivity contribution >= 4 is 0 Å². The summed E-state index contributed by atoms with van der Waals surface area (Å²) in [5.74, 6) is 2.53. The van der Waals surface area contributed by atoms with Crippen molar-refractivity contribution in [1.82, 2.24) is 5.32 Å². The van der Waals surface area contributed by atoms with Gasteiger partial charge in [-0.3, -0.25) is 0 Å². The molecule has 0 aliphatic heterocycles. The quantitative estimate of drug-likeness (QED) is 0.797. The lowest BCUT2D eigenvalue weighted by molar-refractivity contribution is 0.348. The summed E-state index contributed by atoms with van der Waals surface area (Å²) < 4.78 is 5.40. The van der Waals surface area contributed by atoms with Crippen LogP contribution in [0.2, 0.25) is 0 Å². The molecule has 17 heavy (non-hydrogen) atoms. The molecule has 2 rings (SSSR count). The fraction of sp³-hybridized carbons (Fsp3) is 0.600. The van der Waals surface area contributed by atoms with E-state index in [4.69, 9.17) is 4.42 Å². The smallest absolute Gasteiger partial charge is 0.120 e. The summed E-state index contributed by atoms with van der Waals surface area (Å²) in [4.78, 5) is 0. The molecule has 2 unspecified atom stereocenters. The summed E-state index contributed by atoms with van der Waals surface area (Å²) in [6.45, 7) is 7.80. The van der Waals surface area contributed by atoms with Crippen molar-refractivity contribution in [2.45, 2.75) is 39.7 Å². The first-order valence-electron chi connectivity index (χ1n) is 6.59. The minimum atomic E-state index is 0.312. The van der Waals surface area contributed by atoms with Crippen LogP contribution < -0.4 is 5.32 Å². The predicted molar refractivity (Wildman–Crippen MR) is 70.8 cm³/mol. The van der Waals surface area contributed by atoms with E-state index in [1.54, 1.807) is 11.8 Å². The van der Waals surface area contributed by atoms with E-state index in [1.807, 2.05) is 12.1 Å². The van der Waals surface area contributed by atoms with Gasteiger partial charge in [-0.2, -0.15) is 0 Å². The first-order valence-corrected chi connectivity index (χ1v) is 6.59. The molecule has 1 aliphatic rings. The number of allylic oxidation sites excluding steroid dienone is 2. The fourth-order valence-electron chi connectivity index (χ4n) is 2.82. The maximum absolute atomic E-state index is 5.40.